The average Bonchev–Trinajstić information content (AvgIpc) is 3.54. The Morgan fingerprint density at radius 3 is 2.08 bits per heavy atom. The van der Waals surface area contributed by atoms with Crippen LogP contribution >= 0.6 is 0 Å². The molecule has 0 fully saturated rings. The highest BCUT2D eigenvalue weighted by Gasteiger charge is 2.18. The lowest BCUT2D eigenvalue weighted by Crippen LogP contribution is -2.02. The summed E-state index contributed by atoms with van der Waals surface area (Å²) in [7, 11) is 0. The number of para-hydroxylation sites is 3. The molecule has 0 saturated heterocycles. The Balaban J connectivity index is 1.37. The molecule has 9 rings (SSSR count). The van der Waals surface area contributed by atoms with Crippen LogP contribution in [0, 0.1) is 0 Å². The third-order valence-electron chi connectivity index (χ3n) is 7.97. The van der Waals surface area contributed by atoms with E-state index in [4.69, 9.17) is 14.4 Å². The molecular formula is C36H21N3O. The molecule has 0 bridgehead atoms. The number of nitrogens with zero attached hydrogens (tertiary/aromatic N) is 3. The standard InChI is InChI=1S/C36H21N3O/c1-2-10-23-20-32-29(19-22(23)9-1)25-11-4-7-15-31(25)39(32)36-28-13-3-6-14-30(28)37-35(38-36)24-17-18-27-26-12-5-8-16-33(26)40-34(27)21-24/h1-21H. The summed E-state index contributed by atoms with van der Waals surface area (Å²) in [5.41, 5.74) is 5.79. The molecule has 186 valence electrons. The van der Waals surface area contributed by atoms with Crippen LogP contribution in [0.5, 0.6) is 0 Å². The Kier molecular flexibility index (Phi) is 4.30. The van der Waals surface area contributed by atoms with E-state index in [-0.39, 0.29) is 0 Å². The van der Waals surface area contributed by atoms with Gasteiger partial charge >= 0.3 is 0 Å². The summed E-state index contributed by atoms with van der Waals surface area (Å²) < 4.78 is 8.50. The first-order chi connectivity index (χ1) is 19.8. The summed E-state index contributed by atoms with van der Waals surface area (Å²) in [4.78, 5) is 10.3. The molecule has 3 aromatic heterocycles. The van der Waals surface area contributed by atoms with E-state index in [0.29, 0.717) is 5.82 Å². The van der Waals surface area contributed by atoms with E-state index < -0.39 is 0 Å². The van der Waals surface area contributed by atoms with Crippen molar-refractivity contribution < 1.29 is 4.42 Å². The largest absolute Gasteiger partial charge is 0.456 e. The van der Waals surface area contributed by atoms with Crippen LogP contribution in [0.1, 0.15) is 0 Å². The Hall–Kier alpha value is -5.48. The van der Waals surface area contributed by atoms with Crippen LogP contribution in [0.15, 0.2) is 132 Å². The molecule has 0 spiro atoms. The maximum atomic E-state index is 6.20. The molecule has 0 aliphatic rings. The number of aromatic nitrogens is 3. The highest BCUT2D eigenvalue weighted by atomic mass is 16.3. The average molecular weight is 512 g/mol. The van der Waals surface area contributed by atoms with Crippen LogP contribution in [0.3, 0.4) is 0 Å². The number of fused-ring (bicyclic) bond motifs is 8. The molecule has 6 aromatic carbocycles. The molecule has 9 aromatic rings. The van der Waals surface area contributed by atoms with E-state index in [1.54, 1.807) is 0 Å². The van der Waals surface area contributed by atoms with Gasteiger partial charge in [0.1, 0.15) is 17.0 Å². The number of hydrogen-bond acceptors (Lipinski definition) is 3. The van der Waals surface area contributed by atoms with E-state index in [2.05, 4.69) is 108 Å². The molecule has 3 heterocycles. The monoisotopic (exact) mass is 511 g/mol. The van der Waals surface area contributed by atoms with Gasteiger partial charge < -0.3 is 4.42 Å². The van der Waals surface area contributed by atoms with Crippen molar-refractivity contribution in [3.8, 4) is 17.2 Å². The van der Waals surface area contributed by atoms with Crippen molar-refractivity contribution in [1.29, 1.82) is 0 Å². The fourth-order valence-electron chi connectivity index (χ4n) is 6.11. The normalized spacial score (nSPS) is 12.0. The maximum absolute atomic E-state index is 6.20. The minimum Gasteiger partial charge on any atom is -0.456 e. The predicted octanol–water partition coefficient (Wildman–Crippen LogP) is 9.45. The number of furan rings is 1. The fraction of sp³-hybridized carbons (Fsp3) is 0. The SMILES string of the molecule is c1ccc2cc3c(cc2c1)c1ccccc1n3-c1nc(-c2ccc3c(c2)oc2ccccc23)nc2ccccc12. The molecule has 0 saturated carbocycles. The van der Waals surface area contributed by atoms with Gasteiger partial charge in [0.05, 0.1) is 16.6 Å². The Morgan fingerprint density at radius 2 is 1.18 bits per heavy atom. The van der Waals surface area contributed by atoms with E-state index in [0.717, 1.165) is 55.3 Å². The molecule has 0 atom stereocenters. The molecular weight excluding hydrogens is 490 g/mol. The second-order valence-electron chi connectivity index (χ2n) is 10.3. The lowest BCUT2D eigenvalue weighted by Gasteiger charge is -2.13. The summed E-state index contributed by atoms with van der Waals surface area (Å²) in [6.07, 6.45) is 0. The maximum Gasteiger partial charge on any atom is 0.162 e. The third kappa shape index (κ3) is 3.01. The van der Waals surface area contributed by atoms with Crippen LogP contribution in [-0.4, -0.2) is 14.5 Å². The van der Waals surface area contributed by atoms with Crippen LogP contribution < -0.4 is 0 Å². The molecule has 40 heavy (non-hydrogen) atoms. The van der Waals surface area contributed by atoms with Gasteiger partial charge in [-0.1, -0.05) is 78.9 Å². The molecule has 4 nitrogen and oxygen atoms in total. The van der Waals surface area contributed by atoms with Crippen LogP contribution in [0.25, 0.3) is 82.6 Å². The first-order valence-electron chi connectivity index (χ1n) is 13.4. The van der Waals surface area contributed by atoms with Gasteiger partial charge in [-0.2, -0.15) is 0 Å². The molecule has 0 N–H and O–H groups in total. The lowest BCUT2D eigenvalue weighted by molar-refractivity contribution is 0.669. The lowest BCUT2D eigenvalue weighted by atomic mass is 10.1. The number of rotatable bonds is 2. The fourth-order valence-corrected chi connectivity index (χ4v) is 6.11. The van der Waals surface area contributed by atoms with Crippen LogP contribution in [0.4, 0.5) is 0 Å². The highest BCUT2D eigenvalue weighted by molar-refractivity contribution is 6.14. The van der Waals surface area contributed by atoms with Gasteiger partial charge in [0.2, 0.25) is 0 Å². The van der Waals surface area contributed by atoms with Gasteiger partial charge in [0.15, 0.2) is 5.82 Å². The van der Waals surface area contributed by atoms with Gasteiger partial charge in [-0.15, -0.1) is 0 Å². The van der Waals surface area contributed by atoms with Gasteiger partial charge in [-0.3, -0.25) is 4.57 Å². The smallest absolute Gasteiger partial charge is 0.162 e. The van der Waals surface area contributed by atoms with Crippen molar-refractivity contribution in [2.45, 2.75) is 0 Å². The Morgan fingerprint density at radius 1 is 0.475 bits per heavy atom. The summed E-state index contributed by atoms with van der Waals surface area (Å²) in [5.74, 6) is 1.54. The topological polar surface area (TPSA) is 43.9 Å². The summed E-state index contributed by atoms with van der Waals surface area (Å²) in [6, 6.07) is 44.3. The second kappa shape index (κ2) is 8.01. The zero-order valence-corrected chi connectivity index (χ0v) is 21.4. The van der Waals surface area contributed by atoms with Crippen molar-refractivity contribution >= 4 is 65.4 Å². The van der Waals surface area contributed by atoms with Gasteiger partial charge in [0, 0.05) is 32.5 Å². The van der Waals surface area contributed by atoms with Crippen LogP contribution in [0.2, 0.25) is 0 Å². The molecule has 0 amide bonds. The van der Waals surface area contributed by atoms with Crippen molar-refractivity contribution in [2.75, 3.05) is 0 Å². The van der Waals surface area contributed by atoms with Gasteiger partial charge in [-0.05, 0) is 59.3 Å². The molecule has 0 radical (unpaired) electrons. The Labute approximate surface area is 228 Å². The zero-order valence-electron chi connectivity index (χ0n) is 21.4. The van der Waals surface area contributed by atoms with E-state index in [1.165, 1.54) is 21.5 Å². The van der Waals surface area contributed by atoms with Crippen molar-refractivity contribution in [1.82, 2.24) is 14.5 Å². The van der Waals surface area contributed by atoms with Gasteiger partial charge in [-0.25, -0.2) is 9.97 Å². The highest BCUT2D eigenvalue weighted by Crippen LogP contribution is 2.37. The van der Waals surface area contributed by atoms with Crippen LogP contribution in [-0.2, 0) is 0 Å². The predicted molar refractivity (Wildman–Crippen MR) is 164 cm³/mol. The minimum atomic E-state index is 0.669. The van der Waals surface area contributed by atoms with E-state index in [1.807, 2.05) is 24.3 Å². The first-order valence-corrected chi connectivity index (χ1v) is 13.4. The second-order valence-corrected chi connectivity index (χ2v) is 10.3. The minimum absolute atomic E-state index is 0.669. The summed E-state index contributed by atoms with van der Waals surface area (Å²) in [6.45, 7) is 0. The van der Waals surface area contributed by atoms with Gasteiger partial charge in [0.25, 0.3) is 0 Å². The van der Waals surface area contributed by atoms with Crippen molar-refractivity contribution in [2.24, 2.45) is 0 Å². The summed E-state index contributed by atoms with van der Waals surface area (Å²) >= 11 is 0. The zero-order chi connectivity index (χ0) is 26.2. The molecule has 0 aliphatic carbocycles. The summed E-state index contributed by atoms with van der Waals surface area (Å²) in [5, 5.41) is 8.06. The number of benzene rings is 6. The van der Waals surface area contributed by atoms with Crippen molar-refractivity contribution in [3.05, 3.63) is 127 Å². The molecule has 4 heteroatoms. The van der Waals surface area contributed by atoms with Crippen molar-refractivity contribution in [3.63, 3.8) is 0 Å². The quantitative estimate of drug-likeness (QED) is 0.232. The van der Waals surface area contributed by atoms with E-state index >= 15 is 0 Å². The molecule has 0 unspecified atom stereocenters. The number of hydrogen-bond donors (Lipinski definition) is 0. The third-order valence-corrected chi connectivity index (χ3v) is 7.97. The first kappa shape index (κ1) is 21.5. The Bertz CT molecular complexity index is 2450. The molecule has 0 aliphatic heterocycles. The van der Waals surface area contributed by atoms with E-state index in [9.17, 15) is 0 Å².